The van der Waals surface area contributed by atoms with Crippen LogP contribution in [0.4, 0.5) is 10.1 Å². The first kappa shape index (κ1) is 18.4. The van der Waals surface area contributed by atoms with Gasteiger partial charge in [-0.3, -0.25) is 9.69 Å². The summed E-state index contributed by atoms with van der Waals surface area (Å²) in [6.45, 7) is 4.06. The van der Waals surface area contributed by atoms with Gasteiger partial charge in [0, 0.05) is 58.1 Å². The highest BCUT2D eigenvalue weighted by Gasteiger charge is 2.20. The van der Waals surface area contributed by atoms with Crippen LogP contribution in [0.2, 0.25) is 0 Å². The average molecular weight is 355 g/mol. The number of carbonyl (C=O) groups is 1. The molecule has 138 valence electrons. The van der Waals surface area contributed by atoms with E-state index >= 15 is 0 Å². The van der Waals surface area contributed by atoms with Gasteiger partial charge < -0.3 is 9.80 Å². The van der Waals surface area contributed by atoms with Gasteiger partial charge in [0.2, 0.25) is 0 Å². The fraction of sp³-hybridized carbons (Fsp3) is 0.381. The first-order valence-corrected chi connectivity index (χ1v) is 9.06. The van der Waals surface area contributed by atoms with Crippen LogP contribution in [0.1, 0.15) is 22.3 Å². The third kappa shape index (κ3) is 4.61. The Morgan fingerprint density at radius 1 is 0.962 bits per heavy atom. The third-order valence-electron chi connectivity index (χ3n) is 4.83. The number of carbonyl (C=O) groups excluding carboxylic acids is 1. The normalized spacial score (nSPS) is 15.6. The number of nitrogens with zero attached hydrogens (tertiary/aromatic N) is 3. The second-order valence-corrected chi connectivity index (χ2v) is 6.99. The first-order chi connectivity index (χ1) is 12.5. The summed E-state index contributed by atoms with van der Waals surface area (Å²) in [7, 11) is 3.97. The van der Waals surface area contributed by atoms with E-state index in [1.54, 1.807) is 0 Å². The molecule has 1 saturated heterocycles. The Bertz CT molecular complexity index is 728. The second-order valence-electron chi connectivity index (χ2n) is 6.99. The second kappa shape index (κ2) is 8.32. The molecule has 3 rings (SSSR count). The summed E-state index contributed by atoms with van der Waals surface area (Å²) in [4.78, 5) is 19.1. The predicted molar refractivity (Wildman–Crippen MR) is 103 cm³/mol. The fourth-order valence-electron chi connectivity index (χ4n) is 3.26. The van der Waals surface area contributed by atoms with Crippen molar-refractivity contribution < 1.29 is 9.18 Å². The quantitative estimate of drug-likeness (QED) is 0.842. The number of anilines is 1. The van der Waals surface area contributed by atoms with E-state index in [0.29, 0.717) is 0 Å². The highest BCUT2D eigenvalue weighted by Crippen LogP contribution is 2.16. The van der Waals surface area contributed by atoms with Gasteiger partial charge in [0.15, 0.2) is 0 Å². The molecule has 5 heteroatoms. The molecule has 1 heterocycles. The van der Waals surface area contributed by atoms with Crippen molar-refractivity contribution in [3.8, 4) is 0 Å². The van der Waals surface area contributed by atoms with E-state index in [1.165, 1.54) is 12.1 Å². The predicted octanol–water partition coefficient (Wildman–Crippen LogP) is 3.24. The van der Waals surface area contributed by atoms with Crippen molar-refractivity contribution >= 4 is 11.6 Å². The zero-order chi connectivity index (χ0) is 18.5. The van der Waals surface area contributed by atoms with E-state index in [1.807, 2.05) is 60.3 Å². The lowest BCUT2D eigenvalue weighted by molar-refractivity contribution is 0.0761. The zero-order valence-corrected chi connectivity index (χ0v) is 15.5. The van der Waals surface area contributed by atoms with Crippen molar-refractivity contribution in [3.63, 3.8) is 0 Å². The fourth-order valence-corrected chi connectivity index (χ4v) is 3.26. The molecule has 1 aliphatic rings. The van der Waals surface area contributed by atoms with Gasteiger partial charge >= 0.3 is 0 Å². The number of rotatable bonds is 4. The number of benzene rings is 2. The molecule has 1 amide bonds. The van der Waals surface area contributed by atoms with Gasteiger partial charge in [0.1, 0.15) is 5.82 Å². The van der Waals surface area contributed by atoms with Gasteiger partial charge in [-0.1, -0.05) is 12.1 Å². The Morgan fingerprint density at radius 3 is 2.31 bits per heavy atom. The molecular formula is C21H26FN3O. The standard InChI is InChI=1S/C21H26FN3O/c1-23(2)20-10-6-18(7-11-20)21(26)25-13-3-12-24(14-15-25)16-17-4-8-19(22)9-5-17/h4-11H,3,12-16H2,1-2H3. The summed E-state index contributed by atoms with van der Waals surface area (Å²) in [5.74, 6) is -0.111. The van der Waals surface area contributed by atoms with Gasteiger partial charge in [-0.2, -0.15) is 0 Å². The van der Waals surface area contributed by atoms with Crippen molar-refractivity contribution in [1.82, 2.24) is 9.80 Å². The van der Waals surface area contributed by atoms with E-state index in [4.69, 9.17) is 0 Å². The van der Waals surface area contributed by atoms with Crippen molar-refractivity contribution in [3.05, 3.63) is 65.5 Å². The smallest absolute Gasteiger partial charge is 0.253 e. The molecule has 0 atom stereocenters. The molecule has 0 saturated carbocycles. The molecule has 0 spiro atoms. The van der Waals surface area contributed by atoms with Crippen LogP contribution in [0.3, 0.4) is 0 Å². The van der Waals surface area contributed by atoms with Crippen LogP contribution < -0.4 is 4.90 Å². The monoisotopic (exact) mass is 355 g/mol. The molecule has 0 aromatic heterocycles. The highest BCUT2D eigenvalue weighted by atomic mass is 19.1. The SMILES string of the molecule is CN(C)c1ccc(C(=O)N2CCCN(Cc3ccc(F)cc3)CC2)cc1. The molecule has 26 heavy (non-hydrogen) atoms. The van der Waals surface area contributed by atoms with E-state index < -0.39 is 0 Å². The van der Waals surface area contributed by atoms with Gasteiger partial charge in [0.25, 0.3) is 5.91 Å². The van der Waals surface area contributed by atoms with E-state index in [0.717, 1.165) is 56.0 Å². The zero-order valence-electron chi connectivity index (χ0n) is 15.5. The summed E-state index contributed by atoms with van der Waals surface area (Å²) in [5.41, 5.74) is 2.93. The third-order valence-corrected chi connectivity index (χ3v) is 4.83. The minimum atomic E-state index is -0.207. The Hall–Kier alpha value is -2.40. The average Bonchev–Trinajstić information content (AvgIpc) is 2.89. The number of hydrogen-bond acceptors (Lipinski definition) is 3. The van der Waals surface area contributed by atoms with E-state index in [-0.39, 0.29) is 11.7 Å². The van der Waals surface area contributed by atoms with Gasteiger partial charge in [-0.05, 0) is 48.4 Å². The summed E-state index contributed by atoms with van der Waals surface area (Å²) in [6, 6.07) is 14.4. The molecule has 0 N–H and O–H groups in total. The lowest BCUT2D eigenvalue weighted by Crippen LogP contribution is -2.35. The molecule has 2 aromatic rings. The lowest BCUT2D eigenvalue weighted by Gasteiger charge is -2.22. The Balaban J connectivity index is 1.59. The Labute approximate surface area is 154 Å². The molecule has 0 unspecified atom stereocenters. The maximum absolute atomic E-state index is 13.0. The van der Waals surface area contributed by atoms with Crippen LogP contribution in [-0.2, 0) is 6.54 Å². The van der Waals surface area contributed by atoms with Crippen LogP contribution in [0.15, 0.2) is 48.5 Å². The minimum absolute atomic E-state index is 0.0962. The highest BCUT2D eigenvalue weighted by molar-refractivity contribution is 5.94. The molecule has 4 nitrogen and oxygen atoms in total. The van der Waals surface area contributed by atoms with Crippen molar-refractivity contribution in [2.75, 3.05) is 45.2 Å². The Morgan fingerprint density at radius 2 is 1.65 bits per heavy atom. The van der Waals surface area contributed by atoms with Gasteiger partial charge in [0.05, 0.1) is 0 Å². The molecule has 1 fully saturated rings. The summed E-state index contributed by atoms with van der Waals surface area (Å²) < 4.78 is 13.0. The van der Waals surface area contributed by atoms with Gasteiger partial charge in [-0.15, -0.1) is 0 Å². The van der Waals surface area contributed by atoms with Crippen molar-refractivity contribution in [1.29, 1.82) is 0 Å². The van der Waals surface area contributed by atoms with Crippen molar-refractivity contribution in [2.24, 2.45) is 0 Å². The summed E-state index contributed by atoms with van der Waals surface area (Å²) in [6.07, 6.45) is 0.947. The summed E-state index contributed by atoms with van der Waals surface area (Å²) >= 11 is 0. The maximum atomic E-state index is 13.0. The van der Waals surface area contributed by atoms with E-state index in [2.05, 4.69) is 4.90 Å². The van der Waals surface area contributed by atoms with Gasteiger partial charge in [-0.25, -0.2) is 4.39 Å². The van der Waals surface area contributed by atoms with Crippen LogP contribution in [-0.4, -0.2) is 56.0 Å². The molecular weight excluding hydrogens is 329 g/mol. The minimum Gasteiger partial charge on any atom is -0.378 e. The molecule has 0 aliphatic carbocycles. The molecule has 0 bridgehead atoms. The first-order valence-electron chi connectivity index (χ1n) is 9.06. The molecule has 0 radical (unpaired) electrons. The topological polar surface area (TPSA) is 26.8 Å². The molecule has 1 aliphatic heterocycles. The van der Waals surface area contributed by atoms with Crippen LogP contribution in [0.5, 0.6) is 0 Å². The van der Waals surface area contributed by atoms with Crippen molar-refractivity contribution in [2.45, 2.75) is 13.0 Å². The number of hydrogen-bond donors (Lipinski definition) is 0. The number of amides is 1. The number of halogens is 1. The molecule has 2 aromatic carbocycles. The van der Waals surface area contributed by atoms with Crippen LogP contribution in [0, 0.1) is 5.82 Å². The Kier molecular flexibility index (Phi) is 5.89. The van der Waals surface area contributed by atoms with Crippen LogP contribution in [0.25, 0.3) is 0 Å². The lowest BCUT2D eigenvalue weighted by atomic mass is 10.1. The van der Waals surface area contributed by atoms with Crippen LogP contribution >= 0.6 is 0 Å². The summed E-state index contributed by atoms with van der Waals surface area (Å²) in [5, 5.41) is 0. The van der Waals surface area contributed by atoms with E-state index in [9.17, 15) is 9.18 Å². The largest absolute Gasteiger partial charge is 0.378 e. The maximum Gasteiger partial charge on any atom is 0.253 e.